The molecule has 2 rings (SSSR count). The second-order valence-electron chi connectivity index (χ2n) is 6.57. The highest BCUT2D eigenvalue weighted by molar-refractivity contribution is 6.15. The van der Waals surface area contributed by atoms with Crippen molar-refractivity contribution in [3.63, 3.8) is 0 Å². The summed E-state index contributed by atoms with van der Waals surface area (Å²) in [6.07, 6.45) is 2.33. The fraction of sp³-hybridized carbons (Fsp3) is 0.474. The molecular formula is C19H25NO4. The zero-order chi connectivity index (χ0) is 17.6. The van der Waals surface area contributed by atoms with E-state index < -0.39 is 0 Å². The zero-order valence-corrected chi connectivity index (χ0v) is 14.5. The molecule has 1 aromatic rings. The van der Waals surface area contributed by atoms with Gasteiger partial charge in [0, 0.05) is 25.7 Å². The van der Waals surface area contributed by atoms with Crippen LogP contribution in [0, 0.1) is 5.41 Å². The molecule has 0 unspecified atom stereocenters. The molecule has 0 spiro atoms. The first-order chi connectivity index (χ1) is 11.4. The van der Waals surface area contributed by atoms with Gasteiger partial charge in [0.05, 0.1) is 12.2 Å². The maximum Gasteiger partial charge on any atom is 0.168 e. The van der Waals surface area contributed by atoms with Gasteiger partial charge in [0.25, 0.3) is 0 Å². The number of hydrogen-bond donors (Lipinski definition) is 1. The third-order valence-corrected chi connectivity index (χ3v) is 3.78. The van der Waals surface area contributed by atoms with Gasteiger partial charge in [0.1, 0.15) is 23.8 Å². The molecule has 0 aliphatic heterocycles. The first-order valence-corrected chi connectivity index (χ1v) is 8.22. The van der Waals surface area contributed by atoms with Gasteiger partial charge < -0.3 is 14.6 Å². The number of aliphatic hydroxyl groups excluding tert-OH is 1. The quantitative estimate of drug-likeness (QED) is 0.605. The van der Waals surface area contributed by atoms with Crippen LogP contribution in [0.3, 0.4) is 0 Å². The second-order valence-corrected chi connectivity index (χ2v) is 6.57. The van der Waals surface area contributed by atoms with Crippen LogP contribution in [0.2, 0.25) is 0 Å². The van der Waals surface area contributed by atoms with Gasteiger partial charge in [0.2, 0.25) is 0 Å². The van der Waals surface area contributed by atoms with Gasteiger partial charge in [-0.15, -0.1) is 0 Å². The number of nitrogens with zero attached hydrogens (tertiary/aromatic N) is 1. The number of carbonyl (C=O) groups is 1. The Hall–Kier alpha value is -2.14. The predicted molar refractivity (Wildman–Crippen MR) is 94.3 cm³/mol. The average Bonchev–Trinajstić information content (AvgIpc) is 2.51. The molecule has 5 heteroatoms. The van der Waals surface area contributed by atoms with Crippen LogP contribution in [-0.4, -0.2) is 36.9 Å². The summed E-state index contributed by atoms with van der Waals surface area (Å²) in [6.45, 7) is 7.46. The van der Waals surface area contributed by atoms with Gasteiger partial charge in [-0.05, 0) is 24.5 Å². The monoisotopic (exact) mass is 331 g/mol. The van der Waals surface area contributed by atoms with Crippen molar-refractivity contribution in [3.05, 3.63) is 35.6 Å². The minimum Gasteiger partial charge on any atom is -0.511 e. The minimum atomic E-state index is -0.210. The molecule has 0 saturated heterocycles. The number of aliphatic hydroxyl groups is 1. The van der Waals surface area contributed by atoms with Crippen molar-refractivity contribution in [1.29, 1.82) is 0 Å². The Bertz CT molecular complexity index is 647. The Balaban J connectivity index is 2.13. The molecule has 0 radical (unpaired) electrons. The molecule has 0 aromatic heterocycles. The summed E-state index contributed by atoms with van der Waals surface area (Å²) in [5, 5.41) is 10.1. The lowest BCUT2D eigenvalue weighted by Gasteiger charge is -2.28. The van der Waals surface area contributed by atoms with Crippen molar-refractivity contribution >= 4 is 17.7 Å². The van der Waals surface area contributed by atoms with E-state index in [-0.39, 0.29) is 17.0 Å². The van der Waals surface area contributed by atoms with E-state index in [1.807, 2.05) is 39.0 Å². The van der Waals surface area contributed by atoms with E-state index in [1.165, 1.54) is 6.21 Å². The van der Waals surface area contributed by atoms with Crippen LogP contribution in [0.15, 0.2) is 40.6 Å². The number of ether oxygens (including phenoxy) is 2. The molecule has 24 heavy (non-hydrogen) atoms. The smallest absolute Gasteiger partial charge is 0.168 e. The van der Waals surface area contributed by atoms with Crippen LogP contribution < -0.4 is 4.74 Å². The number of benzene rings is 1. The number of Topliss-reactive ketones (excluding diaryl/α,β-unsaturated/α-hetero) is 1. The van der Waals surface area contributed by atoms with Gasteiger partial charge in [0.15, 0.2) is 5.78 Å². The number of hydrogen-bond acceptors (Lipinski definition) is 5. The minimum absolute atomic E-state index is 0.0813. The van der Waals surface area contributed by atoms with Crippen molar-refractivity contribution < 1.29 is 19.4 Å². The van der Waals surface area contributed by atoms with Crippen LogP contribution in [-0.2, 0) is 9.53 Å². The summed E-state index contributed by atoms with van der Waals surface area (Å²) in [5.74, 6) is 0.647. The lowest BCUT2D eigenvalue weighted by atomic mass is 9.77. The van der Waals surface area contributed by atoms with Crippen molar-refractivity contribution in [3.8, 4) is 5.75 Å². The van der Waals surface area contributed by atoms with Gasteiger partial charge in [-0.2, -0.15) is 0 Å². The molecule has 0 saturated carbocycles. The first-order valence-electron chi connectivity index (χ1n) is 8.22. The standard InChI is InChI=1S/C19H25NO4/c1-4-23-9-10-24-18-8-6-5-7-15(18)20-13-14-16(21)11-19(2,3)12-17(14)22/h5-8,13,21H,4,9-12H2,1-3H3. The molecule has 1 aromatic carbocycles. The van der Waals surface area contributed by atoms with Crippen LogP contribution in [0.4, 0.5) is 5.69 Å². The fourth-order valence-corrected chi connectivity index (χ4v) is 2.62. The average molecular weight is 331 g/mol. The summed E-state index contributed by atoms with van der Waals surface area (Å²) in [4.78, 5) is 16.6. The molecular weight excluding hydrogens is 306 g/mol. The molecule has 1 N–H and O–H groups in total. The third-order valence-electron chi connectivity index (χ3n) is 3.78. The predicted octanol–water partition coefficient (Wildman–Crippen LogP) is 4.01. The Labute approximate surface area is 143 Å². The number of ketones is 1. The Morgan fingerprint density at radius 2 is 2.00 bits per heavy atom. The maximum atomic E-state index is 12.2. The highest BCUT2D eigenvalue weighted by atomic mass is 16.5. The van der Waals surface area contributed by atoms with E-state index in [1.54, 1.807) is 6.07 Å². The summed E-state index contributed by atoms with van der Waals surface area (Å²) in [7, 11) is 0. The molecule has 0 fully saturated rings. The molecule has 130 valence electrons. The lowest BCUT2D eigenvalue weighted by Crippen LogP contribution is -2.26. The molecule has 1 aliphatic carbocycles. The van der Waals surface area contributed by atoms with Gasteiger partial charge in [-0.3, -0.25) is 9.79 Å². The number of allylic oxidation sites excluding steroid dienone is 2. The van der Waals surface area contributed by atoms with Crippen molar-refractivity contribution in [1.82, 2.24) is 0 Å². The second kappa shape index (κ2) is 8.11. The van der Waals surface area contributed by atoms with Crippen LogP contribution >= 0.6 is 0 Å². The Kier molecular flexibility index (Phi) is 6.15. The lowest BCUT2D eigenvalue weighted by molar-refractivity contribution is -0.117. The SMILES string of the molecule is CCOCCOc1ccccc1N=CC1=C(O)CC(C)(C)CC1=O. The number of carbonyl (C=O) groups excluding carboxylic acids is 1. The number of para-hydroxylation sites is 2. The molecule has 5 nitrogen and oxygen atoms in total. The topological polar surface area (TPSA) is 68.1 Å². The van der Waals surface area contributed by atoms with Gasteiger partial charge in [-0.1, -0.05) is 26.0 Å². The largest absolute Gasteiger partial charge is 0.511 e. The van der Waals surface area contributed by atoms with E-state index in [9.17, 15) is 9.90 Å². The number of rotatable bonds is 7. The molecule has 0 amide bonds. The van der Waals surface area contributed by atoms with E-state index in [0.717, 1.165) is 0 Å². The number of aliphatic imine (C=N–C) groups is 1. The van der Waals surface area contributed by atoms with Crippen molar-refractivity contribution in [2.45, 2.75) is 33.6 Å². The third kappa shape index (κ3) is 4.93. The van der Waals surface area contributed by atoms with Crippen LogP contribution in [0.1, 0.15) is 33.6 Å². The highest BCUT2D eigenvalue weighted by Crippen LogP contribution is 2.35. The highest BCUT2D eigenvalue weighted by Gasteiger charge is 2.32. The van der Waals surface area contributed by atoms with Crippen molar-refractivity contribution in [2.24, 2.45) is 10.4 Å². The maximum absolute atomic E-state index is 12.2. The Morgan fingerprint density at radius 1 is 1.25 bits per heavy atom. The molecule has 0 atom stereocenters. The summed E-state index contributed by atoms with van der Waals surface area (Å²) in [6, 6.07) is 7.34. The van der Waals surface area contributed by atoms with Gasteiger partial charge in [-0.25, -0.2) is 0 Å². The first kappa shape index (κ1) is 18.2. The van der Waals surface area contributed by atoms with Crippen LogP contribution in [0.5, 0.6) is 5.75 Å². The molecule has 1 aliphatic rings. The van der Waals surface area contributed by atoms with Crippen molar-refractivity contribution in [2.75, 3.05) is 19.8 Å². The van der Waals surface area contributed by atoms with E-state index in [0.29, 0.717) is 49.7 Å². The van der Waals surface area contributed by atoms with E-state index in [2.05, 4.69) is 4.99 Å². The summed E-state index contributed by atoms with van der Waals surface area (Å²) in [5.41, 5.74) is 0.698. The zero-order valence-electron chi connectivity index (χ0n) is 14.5. The molecule has 0 heterocycles. The Morgan fingerprint density at radius 3 is 2.71 bits per heavy atom. The summed E-state index contributed by atoms with van der Waals surface area (Å²) < 4.78 is 10.9. The van der Waals surface area contributed by atoms with E-state index in [4.69, 9.17) is 9.47 Å². The molecule has 0 bridgehead atoms. The van der Waals surface area contributed by atoms with Crippen LogP contribution in [0.25, 0.3) is 0 Å². The van der Waals surface area contributed by atoms with E-state index >= 15 is 0 Å². The summed E-state index contributed by atoms with van der Waals surface area (Å²) >= 11 is 0. The van der Waals surface area contributed by atoms with Gasteiger partial charge >= 0.3 is 0 Å². The normalized spacial score (nSPS) is 17.5. The fourth-order valence-electron chi connectivity index (χ4n) is 2.62.